The fraction of sp³-hybridized carbons (Fsp3) is 0.462. The number of rotatable bonds is 1. The quantitative estimate of drug-likeness (QED) is 0.835. The number of hydrogen-bond acceptors (Lipinski definition) is 1. The van der Waals surface area contributed by atoms with Gasteiger partial charge in [-0.05, 0) is 24.6 Å². The zero-order chi connectivity index (χ0) is 14.0. The molecule has 1 aliphatic heterocycles. The van der Waals surface area contributed by atoms with Gasteiger partial charge in [-0.25, -0.2) is 18.0 Å². The summed E-state index contributed by atoms with van der Waals surface area (Å²) in [5.41, 5.74) is 0.879. The van der Waals surface area contributed by atoms with E-state index in [2.05, 4.69) is 5.32 Å². The summed E-state index contributed by atoms with van der Waals surface area (Å²) in [7, 11) is 0. The lowest BCUT2D eigenvalue weighted by Crippen LogP contribution is -2.44. The van der Waals surface area contributed by atoms with Crippen molar-refractivity contribution in [2.45, 2.75) is 25.7 Å². The number of piperidine rings is 1. The summed E-state index contributed by atoms with van der Waals surface area (Å²) >= 11 is 0. The molecule has 0 spiro atoms. The lowest BCUT2D eigenvalue weighted by molar-refractivity contribution is -0.0461. The van der Waals surface area contributed by atoms with E-state index < -0.39 is 17.8 Å². The Morgan fingerprint density at radius 2 is 1.95 bits per heavy atom. The van der Waals surface area contributed by atoms with E-state index in [-0.39, 0.29) is 31.6 Å². The molecule has 0 atom stereocenters. The van der Waals surface area contributed by atoms with Crippen LogP contribution in [0.25, 0.3) is 0 Å². The summed E-state index contributed by atoms with van der Waals surface area (Å²) in [5.74, 6) is -3.24. The maximum Gasteiger partial charge on any atom is 0.321 e. The summed E-state index contributed by atoms with van der Waals surface area (Å²) in [4.78, 5) is 13.1. The number of carbonyl (C=O) groups excluding carboxylic acids is 1. The van der Waals surface area contributed by atoms with Gasteiger partial charge in [0.15, 0.2) is 0 Å². The second-order valence-corrected chi connectivity index (χ2v) is 4.76. The van der Waals surface area contributed by atoms with Crippen molar-refractivity contribution in [3.63, 3.8) is 0 Å². The van der Waals surface area contributed by atoms with Gasteiger partial charge in [0.1, 0.15) is 5.82 Å². The number of amides is 2. The van der Waals surface area contributed by atoms with Crippen LogP contribution in [0, 0.1) is 12.7 Å². The van der Waals surface area contributed by atoms with Crippen LogP contribution in [0.15, 0.2) is 18.2 Å². The molecular weight excluding hydrogens is 257 g/mol. The normalized spacial score (nSPS) is 18.2. The highest BCUT2D eigenvalue weighted by molar-refractivity contribution is 5.89. The van der Waals surface area contributed by atoms with Crippen LogP contribution in [0.1, 0.15) is 18.4 Å². The molecule has 104 valence electrons. The van der Waals surface area contributed by atoms with Crippen LogP contribution < -0.4 is 5.32 Å². The van der Waals surface area contributed by atoms with Gasteiger partial charge in [-0.15, -0.1) is 0 Å². The number of nitrogens with zero attached hydrogens (tertiary/aromatic N) is 1. The van der Waals surface area contributed by atoms with E-state index in [9.17, 15) is 18.0 Å². The maximum atomic E-state index is 13.5. The number of urea groups is 1. The van der Waals surface area contributed by atoms with Crippen LogP contribution in [0.4, 0.5) is 23.7 Å². The molecule has 0 bridgehead atoms. The molecule has 1 fully saturated rings. The van der Waals surface area contributed by atoms with Crippen LogP contribution in [-0.2, 0) is 0 Å². The van der Waals surface area contributed by atoms with Crippen LogP contribution in [0.2, 0.25) is 0 Å². The molecule has 6 heteroatoms. The van der Waals surface area contributed by atoms with Crippen LogP contribution in [-0.4, -0.2) is 29.9 Å². The molecule has 2 rings (SSSR count). The predicted octanol–water partition coefficient (Wildman–Crippen LogP) is 3.40. The number of alkyl halides is 2. The number of aryl methyl sites for hydroxylation is 1. The Hall–Kier alpha value is -1.72. The summed E-state index contributed by atoms with van der Waals surface area (Å²) < 4.78 is 39.4. The molecule has 0 aromatic heterocycles. The average molecular weight is 272 g/mol. The Morgan fingerprint density at radius 1 is 1.32 bits per heavy atom. The third kappa shape index (κ3) is 3.39. The standard InChI is InChI=1S/C13H15F3N2O/c1-9-2-3-10(14)11(8-9)17-12(19)18-6-4-13(15,16)5-7-18/h2-3,8H,4-7H2,1H3,(H,17,19). The van der Waals surface area contributed by atoms with Gasteiger partial charge in [0.2, 0.25) is 0 Å². The van der Waals surface area contributed by atoms with E-state index in [1.165, 1.54) is 17.0 Å². The SMILES string of the molecule is Cc1ccc(F)c(NC(=O)N2CCC(F)(F)CC2)c1. The van der Waals surface area contributed by atoms with Crippen molar-refractivity contribution in [2.24, 2.45) is 0 Å². The first-order valence-corrected chi connectivity index (χ1v) is 6.07. The van der Waals surface area contributed by atoms with Crippen molar-refractivity contribution in [1.82, 2.24) is 4.90 Å². The molecule has 19 heavy (non-hydrogen) atoms. The second-order valence-electron chi connectivity index (χ2n) is 4.76. The number of hydrogen-bond donors (Lipinski definition) is 1. The van der Waals surface area contributed by atoms with Crippen molar-refractivity contribution in [3.05, 3.63) is 29.6 Å². The highest BCUT2D eigenvalue weighted by atomic mass is 19.3. The molecule has 1 saturated heterocycles. The van der Waals surface area contributed by atoms with Crippen molar-refractivity contribution in [2.75, 3.05) is 18.4 Å². The number of likely N-dealkylation sites (tertiary alicyclic amines) is 1. The molecule has 0 aliphatic carbocycles. The Bertz CT molecular complexity index is 481. The summed E-state index contributed by atoms with van der Waals surface area (Å²) in [5, 5.41) is 2.42. The van der Waals surface area contributed by atoms with E-state index in [1.54, 1.807) is 13.0 Å². The van der Waals surface area contributed by atoms with Crippen LogP contribution >= 0.6 is 0 Å². The van der Waals surface area contributed by atoms with Gasteiger partial charge in [0, 0.05) is 25.9 Å². The Balaban J connectivity index is 2.00. The van der Waals surface area contributed by atoms with Crippen LogP contribution in [0.5, 0.6) is 0 Å². The molecule has 0 radical (unpaired) electrons. The van der Waals surface area contributed by atoms with E-state index >= 15 is 0 Å². The number of carbonyl (C=O) groups is 1. The molecule has 0 saturated carbocycles. The molecule has 3 nitrogen and oxygen atoms in total. The molecular formula is C13H15F3N2O. The third-order valence-corrected chi connectivity index (χ3v) is 3.15. The summed E-state index contributed by atoms with van der Waals surface area (Å²) in [6, 6.07) is 3.81. The minimum atomic E-state index is -2.70. The number of benzene rings is 1. The van der Waals surface area contributed by atoms with Gasteiger partial charge in [-0.3, -0.25) is 0 Å². The van der Waals surface area contributed by atoms with Crippen LogP contribution in [0.3, 0.4) is 0 Å². The fourth-order valence-corrected chi connectivity index (χ4v) is 1.97. The van der Waals surface area contributed by atoms with Crippen molar-refractivity contribution in [3.8, 4) is 0 Å². The van der Waals surface area contributed by atoms with Crippen molar-refractivity contribution < 1.29 is 18.0 Å². The third-order valence-electron chi connectivity index (χ3n) is 3.15. The Kier molecular flexibility index (Phi) is 3.68. The van der Waals surface area contributed by atoms with Crippen molar-refractivity contribution >= 4 is 11.7 Å². The number of anilines is 1. The lowest BCUT2D eigenvalue weighted by Gasteiger charge is -2.31. The van der Waals surface area contributed by atoms with Gasteiger partial charge in [0.05, 0.1) is 5.69 Å². The maximum absolute atomic E-state index is 13.5. The van der Waals surface area contributed by atoms with Crippen molar-refractivity contribution in [1.29, 1.82) is 0 Å². The largest absolute Gasteiger partial charge is 0.324 e. The van der Waals surface area contributed by atoms with Gasteiger partial charge in [-0.2, -0.15) is 0 Å². The molecule has 0 unspecified atom stereocenters. The van der Waals surface area contributed by atoms with E-state index in [4.69, 9.17) is 0 Å². The van der Waals surface area contributed by atoms with E-state index in [0.29, 0.717) is 0 Å². The topological polar surface area (TPSA) is 32.3 Å². The van der Waals surface area contributed by atoms with Gasteiger partial charge in [-0.1, -0.05) is 6.07 Å². The summed E-state index contributed by atoms with van der Waals surface area (Å²) in [6.45, 7) is 1.73. The zero-order valence-electron chi connectivity index (χ0n) is 10.5. The minimum Gasteiger partial charge on any atom is -0.324 e. The van der Waals surface area contributed by atoms with Gasteiger partial charge in [0.25, 0.3) is 5.92 Å². The van der Waals surface area contributed by atoms with E-state index in [1.807, 2.05) is 0 Å². The smallest absolute Gasteiger partial charge is 0.321 e. The number of halogens is 3. The highest BCUT2D eigenvalue weighted by Crippen LogP contribution is 2.28. The summed E-state index contributed by atoms with van der Waals surface area (Å²) in [6.07, 6.45) is -0.701. The molecule has 1 aliphatic rings. The zero-order valence-corrected chi connectivity index (χ0v) is 10.5. The highest BCUT2D eigenvalue weighted by Gasteiger charge is 2.35. The molecule has 1 aromatic carbocycles. The average Bonchev–Trinajstić information content (AvgIpc) is 2.33. The fourth-order valence-electron chi connectivity index (χ4n) is 1.97. The first kappa shape index (κ1) is 13.7. The molecule has 2 amide bonds. The first-order valence-electron chi connectivity index (χ1n) is 6.07. The van der Waals surface area contributed by atoms with E-state index in [0.717, 1.165) is 5.56 Å². The van der Waals surface area contributed by atoms with Gasteiger partial charge >= 0.3 is 6.03 Å². The lowest BCUT2D eigenvalue weighted by atomic mass is 10.1. The Labute approximate surface area is 109 Å². The monoisotopic (exact) mass is 272 g/mol. The second kappa shape index (κ2) is 5.11. The Morgan fingerprint density at radius 3 is 2.58 bits per heavy atom. The molecule has 1 heterocycles. The van der Waals surface area contributed by atoms with Gasteiger partial charge < -0.3 is 10.2 Å². The molecule has 1 N–H and O–H groups in total. The predicted molar refractivity (Wildman–Crippen MR) is 65.9 cm³/mol. The molecule has 1 aromatic rings. The first-order chi connectivity index (χ1) is 8.87. The minimum absolute atomic E-state index is 0.0216. The number of nitrogens with one attached hydrogen (secondary N) is 1.